The number of carbonyl (C=O) groups is 3. The molecule has 0 spiro atoms. The standard InChI is InChI=1S/C25H30N2O5/c1-3-17(14-23(28)29)27-24(30)16(2)12-13-26-25(31)32-15-22-20-10-6-4-8-18(20)19-9-5-7-11-21(19)22/h4-11,16-17,22H,3,12-15H2,1-2H3,(H,26,31)(H,27,30)(H,28,29). The lowest BCUT2D eigenvalue weighted by Gasteiger charge is -2.19. The molecular formula is C25H30N2O5. The first kappa shape index (κ1) is 23.3. The number of fused-ring (bicyclic) bond motifs is 3. The summed E-state index contributed by atoms with van der Waals surface area (Å²) in [5.74, 6) is -1.51. The second-order valence-electron chi connectivity index (χ2n) is 8.15. The number of benzene rings is 2. The van der Waals surface area contributed by atoms with Gasteiger partial charge < -0.3 is 20.5 Å². The van der Waals surface area contributed by atoms with Crippen molar-refractivity contribution in [1.29, 1.82) is 0 Å². The Balaban J connectivity index is 1.45. The minimum atomic E-state index is -0.943. The fourth-order valence-corrected chi connectivity index (χ4v) is 4.02. The number of carbonyl (C=O) groups excluding carboxylic acids is 2. The van der Waals surface area contributed by atoms with Crippen LogP contribution in [-0.4, -0.2) is 42.3 Å². The average molecular weight is 439 g/mol. The van der Waals surface area contributed by atoms with Crippen LogP contribution in [0.5, 0.6) is 0 Å². The van der Waals surface area contributed by atoms with Crippen molar-refractivity contribution in [2.45, 2.75) is 45.1 Å². The quantitative estimate of drug-likeness (QED) is 0.521. The number of carboxylic acids is 1. The van der Waals surface area contributed by atoms with E-state index in [1.807, 2.05) is 31.2 Å². The Morgan fingerprint density at radius 2 is 1.62 bits per heavy atom. The minimum Gasteiger partial charge on any atom is -0.481 e. The molecule has 0 radical (unpaired) electrons. The van der Waals surface area contributed by atoms with Crippen molar-refractivity contribution in [3.05, 3.63) is 59.7 Å². The predicted octanol–water partition coefficient (Wildman–Crippen LogP) is 3.92. The van der Waals surface area contributed by atoms with Gasteiger partial charge in [-0.3, -0.25) is 9.59 Å². The zero-order valence-corrected chi connectivity index (χ0v) is 18.5. The van der Waals surface area contributed by atoms with E-state index < -0.39 is 18.1 Å². The molecule has 170 valence electrons. The Morgan fingerprint density at radius 3 is 2.19 bits per heavy atom. The lowest BCUT2D eigenvalue weighted by atomic mass is 9.98. The van der Waals surface area contributed by atoms with Crippen molar-refractivity contribution in [3.8, 4) is 11.1 Å². The van der Waals surface area contributed by atoms with Gasteiger partial charge in [-0.25, -0.2) is 4.79 Å². The van der Waals surface area contributed by atoms with E-state index in [0.29, 0.717) is 19.4 Å². The smallest absolute Gasteiger partial charge is 0.407 e. The van der Waals surface area contributed by atoms with E-state index in [0.717, 1.165) is 11.1 Å². The number of hydrogen-bond donors (Lipinski definition) is 3. The number of amides is 2. The highest BCUT2D eigenvalue weighted by Gasteiger charge is 2.29. The molecule has 2 aromatic carbocycles. The Hall–Kier alpha value is -3.35. The molecule has 1 aliphatic carbocycles. The van der Waals surface area contributed by atoms with E-state index in [1.165, 1.54) is 11.1 Å². The number of hydrogen-bond acceptors (Lipinski definition) is 4. The maximum Gasteiger partial charge on any atom is 0.407 e. The van der Waals surface area contributed by atoms with Crippen molar-refractivity contribution < 1.29 is 24.2 Å². The van der Waals surface area contributed by atoms with E-state index in [2.05, 4.69) is 34.9 Å². The van der Waals surface area contributed by atoms with Crippen LogP contribution in [0.2, 0.25) is 0 Å². The summed E-state index contributed by atoms with van der Waals surface area (Å²) in [5.41, 5.74) is 4.65. The lowest BCUT2D eigenvalue weighted by Crippen LogP contribution is -2.40. The molecule has 1 aliphatic rings. The molecule has 3 N–H and O–H groups in total. The minimum absolute atomic E-state index is 0.00179. The molecule has 2 atom stereocenters. The molecule has 2 aromatic rings. The van der Waals surface area contributed by atoms with Crippen LogP contribution in [0.3, 0.4) is 0 Å². The molecule has 3 rings (SSSR count). The summed E-state index contributed by atoms with van der Waals surface area (Å²) in [7, 11) is 0. The van der Waals surface area contributed by atoms with Crippen LogP contribution >= 0.6 is 0 Å². The van der Waals surface area contributed by atoms with Crippen LogP contribution in [0.1, 0.15) is 50.2 Å². The summed E-state index contributed by atoms with van der Waals surface area (Å²) < 4.78 is 5.49. The molecule has 2 amide bonds. The molecule has 0 heterocycles. The van der Waals surface area contributed by atoms with Crippen molar-refractivity contribution >= 4 is 18.0 Å². The van der Waals surface area contributed by atoms with Gasteiger partial charge in [-0.05, 0) is 35.1 Å². The SMILES string of the molecule is CCC(CC(=O)O)NC(=O)C(C)CCNC(=O)OCC1c2ccccc2-c2ccccc21. The van der Waals surface area contributed by atoms with E-state index in [1.54, 1.807) is 6.92 Å². The lowest BCUT2D eigenvalue weighted by molar-refractivity contribution is -0.137. The van der Waals surface area contributed by atoms with Crippen LogP contribution in [0.4, 0.5) is 4.79 Å². The van der Waals surface area contributed by atoms with Gasteiger partial charge in [0.05, 0.1) is 6.42 Å². The third-order valence-electron chi connectivity index (χ3n) is 5.90. The predicted molar refractivity (Wildman–Crippen MR) is 121 cm³/mol. The Bertz CT molecular complexity index is 929. The highest BCUT2D eigenvalue weighted by molar-refractivity contribution is 5.80. The van der Waals surface area contributed by atoms with Crippen LogP contribution in [-0.2, 0) is 14.3 Å². The van der Waals surface area contributed by atoms with Gasteiger partial charge in [0, 0.05) is 24.4 Å². The molecular weight excluding hydrogens is 408 g/mol. The van der Waals surface area contributed by atoms with Crippen LogP contribution < -0.4 is 10.6 Å². The van der Waals surface area contributed by atoms with Crippen molar-refractivity contribution in [2.24, 2.45) is 5.92 Å². The second kappa shape index (κ2) is 10.8. The molecule has 32 heavy (non-hydrogen) atoms. The van der Waals surface area contributed by atoms with Gasteiger partial charge >= 0.3 is 12.1 Å². The van der Waals surface area contributed by atoms with Gasteiger partial charge in [0.15, 0.2) is 0 Å². The number of nitrogens with one attached hydrogen (secondary N) is 2. The maximum atomic E-state index is 12.3. The van der Waals surface area contributed by atoms with Crippen LogP contribution in [0, 0.1) is 5.92 Å². The third-order valence-corrected chi connectivity index (χ3v) is 5.90. The highest BCUT2D eigenvalue weighted by atomic mass is 16.5. The van der Waals surface area contributed by atoms with Gasteiger partial charge in [0.2, 0.25) is 5.91 Å². The van der Waals surface area contributed by atoms with Crippen molar-refractivity contribution in [3.63, 3.8) is 0 Å². The van der Waals surface area contributed by atoms with Crippen molar-refractivity contribution in [1.82, 2.24) is 10.6 Å². The van der Waals surface area contributed by atoms with Gasteiger partial charge in [-0.2, -0.15) is 0 Å². The fourth-order valence-electron chi connectivity index (χ4n) is 4.02. The van der Waals surface area contributed by atoms with E-state index >= 15 is 0 Å². The molecule has 7 nitrogen and oxygen atoms in total. The zero-order chi connectivity index (χ0) is 23.1. The second-order valence-corrected chi connectivity index (χ2v) is 8.15. The largest absolute Gasteiger partial charge is 0.481 e. The van der Waals surface area contributed by atoms with Gasteiger partial charge in [0.1, 0.15) is 6.61 Å². The molecule has 0 aliphatic heterocycles. The van der Waals surface area contributed by atoms with Gasteiger partial charge in [-0.1, -0.05) is 62.4 Å². The maximum absolute atomic E-state index is 12.3. The molecule has 7 heteroatoms. The van der Waals surface area contributed by atoms with Crippen LogP contribution in [0.25, 0.3) is 11.1 Å². The average Bonchev–Trinajstić information content (AvgIpc) is 3.10. The third kappa shape index (κ3) is 5.66. The Kier molecular flexibility index (Phi) is 7.87. The van der Waals surface area contributed by atoms with Gasteiger partial charge in [-0.15, -0.1) is 0 Å². The molecule has 0 saturated carbocycles. The summed E-state index contributed by atoms with van der Waals surface area (Å²) in [6.45, 7) is 4.11. The molecule has 2 unspecified atom stereocenters. The summed E-state index contributed by atoms with van der Waals surface area (Å²) >= 11 is 0. The number of rotatable bonds is 10. The molecule has 0 fully saturated rings. The van der Waals surface area contributed by atoms with E-state index in [9.17, 15) is 14.4 Å². The number of aliphatic carboxylic acids is 1. The summed E-state index contributed by atoms with van der Waals surface area (Å²) in [6.07, 6.45) is 0.353. The molecule has 0 saturated heterocycles. The summed E-state index contributed by atoms with van der Waals surface area (Å²) in [4.78, 5) is 35.3. The number of carboxylic acid groups (broad SMARTS) is 1. The van der Waals surface area contributed by atoms with Crippen molar-refractivity contribution in [2.75, 3.05) is 13.2 Å². The topological polar surface area (TPSA) is 105 Å². The molecule has 0 aromatic heterocycles. The fraction of sp³-hybridized carbons (Fsp3) is 0.400. The Labute approximate surface area is 188 Å². The Morgan fingerprint density at radius 1 is 1.03 bits per heavy atom. The van der Waals surface area contributed by atoms with Crippen LogP contribution in [0.15, 0.2) is 48.5 Å². The zero-order valence-electron chi connectivity index (χ0n) is 18.5. The highest BCUT2D eigenvalue weighted by Crippen LogP contribution is 2.44. The summed E-state index contributed by atoms with van der Waals surface area (Å²) in [5, 5.41) is 14.4. The monoisotopic (exact) mass is 438 g/mol. The first-order chi connectivity index (χ1) is 15.4. The number of alkyl carbamates (subject to hydrolysis) is 1. The van der Waals surface area contributed by atoms with E-state index in [-0.39, 0.29) is 30.8 Å². The van der Waals surface area contributed by atoms with Gasteiger partial charge in [0.25, 0.3) is 0 Å². The summed E-state index contributed by atoms with van der Waals surface area (Å²) in [6, 6.07) is 15.9. The normalized spacial score (nSPS) is 14.1. The first-order valence-corrected chi connectivity index (χ1v) is 11.0. The van der Waals surface area contributed by atoms with E-state index in [4.69, 9.17) is 9.84 Å². The number of ether oxygens (including phenoxy) is 1. The first-order valence-electron chi connectivity index (χ1n) is 11.0. The molecule has 0 bridgehead atoms.